The van der Waals surface area contributed by atoms with Crippen molar-refractivity contribution in [3.8, 4) is 11.3 Å². The predicted octanol–water partition coefficient (Wildman–Crippen LogP) is 6.55. The molecule has 0 saturated heterocycles. The van der Waals surface area contributed by atoms with Gasteiger partial charge in [-0.15, -0.1) is 0 Å². The van der Waals surface area contributed by atoms with Gasteiger partial charge in [0.1, 0.15) is 0 Å². The van der Waals surface area contributed by atoms with E-state index in [0.29, 0.717) is 0 Å². The Balaban J connectivity index is 2.15. The number of aromatic nitrogens is 1. The number of unbranched alkanes of at least 4 members (excludes halogenated alkanes) is 1. The lowest BCUT2D eigenvalue weighted by atomic mass is 10.0. The largest absolute Gasteiger partial charge is 0.248 e. The number of hydrogen-bond donors (Lipinski definition) is 0. The summed E-state index contributed by atoms with van der Waals surface area (Å²) in [6, 6.07) is 15.9. The average molecular weight is 330 g/mol. The fraction of sp³-hybridized carbons (Fsp3) is 0.211. The first kappa shape index (κ1) is 15.3. The van der Waals surface area contributed by atoms with Crippen LogP contribution in [0, 0.1) is 0 Å². The number of benzene rings is 2. The molecule has 0 atom stereocenters. The van der Waals surface area contributed by atoms with Crippen LogP contribution in [0.1, 0.15) is 25.3 Å². The number of halogens is 2. The van der Waals surface area contributed by atoms with Gasteiger partial charge in [0, 0.05) is 21.0 Å². The first-order chi connectivity index (χ1) is 10.7. The normalized spacial score (nSPS) is 11.0. The molecule has 0 aliphatic heterocycles. The molecule has 0 radical (unpaired) electrons. The molecule has 0 saturated carbocycles. The summed E-state index contributed by atoms with van der Waals surface area (Å²) in [5.74, 6) is 0. The molecule has 0 unspecified atom stereocenters. The number of rotatable bonds is 4. The van der Waals surface area contributed by atoms with Crippen molar-refractivity contribution in [1.82, 2.24) is 4.98 Å². The Hall–Kier alpha value is -1.57. The van der Waals surface area contributed by atoms with Gasteiger partial charge in [-0.3, -0.25) is 0 Å². The fourth-order valence-electron chi connectivity index (χ4n) is 2.61. The minimum atomic E-state index is 0.738. The minimum Gasteiger partial charge on any atom is -0.248 e. The molecule has 1 nitrogen and oxygen atoms in total. The van der Waals surface area contributed by atoms with Crippen molar-refractivity contribution in [2.45, 2.75) is 26.2 Å². The molecular formula is C19H17Cl2N. The third-order valence-corrected chi connectivity index (χ3v) is 4.28. The van der Waals surface area contributed by atoms with E-state index in [0.717, 1.165) is 45.0 Å². The average Bonchev–Trinajstić information content (AvgIpc) is 2.53. The van der Waals surface area contributed by atoms with Gasteiger partial charge in [0.25, 0.3) is 0 Å². The first-order valence-corrected chi connectivity index (χ1v) is 8.28. The summed E-state index contributed by atoms with van der Waals surface area (Å²) in [6.45, 7) is 2.20. The van der Waals surface area contributed by atoms with Gasteiger partial charge in [0.05, 0.1) is 11.2 Å². The van der Waals surface area contributed by atoms with Crippen LogP contribution in [0.5, 0.6) is 0 Å². The smallest absolute Gasteiger partial charge is 0.0713 e. The van der Waals surface area contributed by atoms with E-state index in [9.17, 15) is 0 Å². The Morgan fingerprint density at radius 3 is 2.36 bits per heavy atom. The lowest BCUT2D eigenvalue weighted by Crippen LogP contribution is -1.93. The van der Waals surface area contributed by atoms with E-state index < -0.39 is 0 Å². The van der Waals surface area contributed by atoms with Crippen molar-refractivity contribution in [1.29, 1.82) is 0 Å². The van der Waals surface area contributed by atoms with E-state index in [1.807, 2.05) is 42.5 Å². The second-order valence-corrected chi connectivity index (χ2v) is 6.31. The van der Waals surface area contributed by atoms with Crippen LogP contribution < -0.4 is 0 Å². The zero-order valence-corrected chi connectivity index (χ0v) is 14.0. The zero-order valence-electron chi connectivity index (χ0n) is 12.4. The highest BCUT2D eigenvalue weighted by Crippen LogP contribution is 2.28. The Bertz CT molecular complexity index is 794. The third-order valence-electron chi connectivity index (χ3n) is 3.80. The summed E-state index contributed by atoms with van der Waals surface area (Å²) >= 11 is 12.1. The molecule has 22 heavy (non-hydrogen) atoms. The maximum absolute atomic E-state index is 6.16. The van der Waals surface area contributed by atoms with E-state index in [1.165, 1.54) is 12.0 Å². The number of pyridine rings is 1. The molecular weight excluding hydrogens is 313 g/mol. The van der Waals surface area contributed by atoms with Crippen molar-refractivity contribution in [2.75, 3.05) is 0 Å². The molecule has 0 spiro atoms. The molecule has 0 aliphatic rings. The Morgan fingerprint density at radius 1 is 0.909 bits per heavy atom. The molecule has 2 aromatic carbocycles. The van der Waals surface area contributed by atoms with Crippen molar-refractivity contribution in [3.05, 3.63) is 64.1 Å². The van der Waals surface area contributed by atoms with E-state index in [1.54, 1.807) is 0 Å². The lowest BCUT2D eigenvalue weighted by Gasteiger charge is -2.10. The van der Waals surface area contributed by atoms with Crippen molar-refractivity contribution in [3.63, 3.8) is 0 Å². The maximum atomic E-state index is 6.16. The van der Waals surface area contributed by atoms with Gasteiger partial charge >= 0.3 is 0 Å². The highest BCUT2D eigenvalue weighted by Gasteiger charge is 2.08. The van der Waals surface area contributed by atoms with Gasteiger partial charge < -0.3 is 0 Å². The molecule has 0 bridgehead atoms. The van der Waals surface area contributed by atoms with E-state index in [2.05, 4.69) is 13.0 Å². The van der Waals surface area contributed by atoms with Gasteiger partial charge in [-0.05, 0) is 54.8 Å². The fourth-order valence-corrected chi connectivity index (χ4v) is 2.91. The third kappa shape index (κ3) is 3.26. The Morgan fingerprint density at radius 2 is 1.64 bits per heavy atom. The molecule has 1 heterocycles. The molecule has 0 fully saturated rings. The Labute approximate surface area is 140 Å². The van der Waals surface area contributed by atoms with Crippen molar-refractivity contribution >= 4 is 34.1 Å². The van der Waals surface area contributed by atoms with Gasteiger partial charge in [-0.2, -0.15) is 0 Å². The molecule has 3 heteroatoms. The standard InChI is InChI=1S/C19H17Cl2N/c1-2-3-4-14-11-19(13-5-7-15(20)8-6-13)22-18-10-9-16(21)12-17(14)18/h5-12H,2-4H2,1H3. The zero-order chi connectivity index (χ0) is 15.5. The highest BCUT2D eigenvalue weighted by molar-refractivity contribution is 6.31. The number of fused-ring (bicyclic) bond motifs is 1. The summed E-state index contributed by atoms with van der Waals surface area (Å²) in [5.41, 5.74) is 4.36. The Kier molecular flexibility index (Phi) is 4.66. The van der Waals surface area contributed by atoms with Crippen LogP contribution in [0.15, 0.2) is 48.5 Å². The summed E-state index contributed by atoms with van der Waals surface area (Å²) in [4.78, 5) is 4.78. The van der Waals surface area contributed by atoms with Crippen LogP contribution in [0.3, 0.4) is 0 Å². The van der Waals surface area contributed by atoms with E-state index in [4.69, 9.17) is 28.2 Å². The van der Waals surface area contributed by atoms with Crippen molar-refractivity contribution < 1.29 is 0 Å². The molecule has 0 N–H and O–H groups in total. The SMILES string of the molecule is CCCCc1cc(-c2ccc(Cl)cc2)nc2ccc(Cl)cc12. The summed E-state index contributed by atoms with van der Waals surface area (Å²) < 4.78 is 0. The first-order valence-electron chi connectivity index (χ1n) is 7.52. The van der Waals surface area contributed by atoms with Gasteiger partial charge in [0.15, 0.2) is 0 Å². The molecule has 1 aromatic heterocycles. The van der Waals surface area contributed by atoms with Crippen molar-refractivity contribution in [2.24, 2.45) is 0 Å². The van der Waals surface area contributed by atoms with Crippen LogP contribution in [0.4, 0.5) is 0 Å². The number of nitrogens with zero attached hydrogens (tertiary/aromatic N) is 1. The second kappa shape index (κ2) is 6.68. The summed E-state index contributed by atoms with van der Waals surface area (Å²) in [6.07, 6.45) is 3.36. The minimum absolute atomic E-state index is 0.738. The number of aryl methyl sites for hydroxylation is 1. The number of hydrogen-bond acceptors (Lipinski definition) is 1. The second-order valence-electron chi connectivity index (χ2n) is 5.44. The monoisotopic (exact) mass is 329 g/mol. The van der Waals surface area contributed by atoms with Gasteiger partial charge in [0.2, 0.25) is 0 Å². The maximum Gasteiger partial charge on any atom is 0.0713 e. The van der Waals surface area contributed by atoms with Crippen LogP contribution in [0.25, 0.3) is 22.2 Å². The predicted molar refractivity (Wildman–Crippen MR) is 95.8 cm³/mol. The van der Waals surface area contributed by atoms with Crippen LogP contribution in [0.2, 0.25) is 10.0 Å². The van der Waals surface area contributed by atoms with E-state index in [-0.39, 0.29) is 0 Å². The van der Waals surface area contributed by atoms with Crippen LogP contribution in [-0.2, 0) is 6.42 Å². The molecule has 0 aliphatic carbocycles. The highest BCUT2D eigenvalue weighted by atomic mass is 35.5. The topological polar surface area (TPSA) is 12.9 Å². The lowest BCUT2D eigenvalue weighted by molar-refractivity contribution is 0.798. The van der Waals surface area contributed by atoms with Gasteiger partial charge in [-0.1, -0.05) is 48.7 Å². The molecule has 112 valence electrons. The van der Waals surface area contributed by atoms with Crippen LogP contribution in [-0.4, -0.2) is 4.98 Å². The van der Waals surface area contributed by atoms with Crippen LogP contribution >= 0.6 is 23.2 Å². The quantitative estimate of drug-likeness (QED) is 0.528. The molecule has 3 rings (SSSR count). The van der Waals surface area contributed by atoms with Gasteiger partial charge in [-0.25, -0.2) is 4.98 Å². The summed E-state index contributed by atoms with van der Waals surface area (Å²) in [5, 5.41) is 2.65. The summed E-state index contributed by atoms with van der Waals surface area (Å²) in [7, 11) is 0. The molecule has 3 aromatic rings. The van der Waals surface area contributed by atoms with E-state index >= 15 is 0 Å². The molecule has 0 amide bonds.